The maximum Gasteiger partial charge on any atom is 0.0809 e. The van der Waals surface area contributed by atoms with Crippen molar-refractivity contribution in [2.45, 2.75) is 59.3 Å². The topological polar surface area (TPSA) is 24.4 Å². The van der Waals surface area contributed by atoms with E-state index in [2.05, 4.69) is 88.5 Å². The molecule has 0 aliphatic rings. The van der Waals surface area contributed by atoms with Crippen LogP contribution >= 0.6 is 0 Å². The van der Waals surface area contributed by atoms with Crippen molar-refractivity contribution in [1.29, 1.82) is 0 Å². The Kier molecular flexibility index (Phi) is 7.24. The van der Waals surface area contributed by atoms with Crippen LogP contribution in [0.15, 0.2) is 53.5 Å². The molecule has 0 aliphatic heterocycles. The maximum atomic E-state index is 4.82. The molecule has 2 heteroatoms. The molecular formula is C23H32N2. The fourth-order valence-corrected chi connectivity index (χ4v) is 2.97. The molecule has 0 spiro atoms. The zero-order valence-electron chi connectivity index (χ0n) is 16.3. The Labute approximate surface area is 153 Å². The summed E-state index contributed by atoms with van der Waals surface area (Å²) in [5.74, 6) is 0.943. The van der Waals surface area contributed by atoms with Crippen LogP contribution in [0.1, 0.15) is 70.4 Å². The molecule has 0 unspecified atom stereocenters. The first-order valence-electron chi connectivity index (χ1n) is 9.54. The van der Waals surface area contributed by atoms with E-state index in [-0.39, 0.29) is 0 Å². The lowest BCUT2D eigenvalue weighted by atomic mass is 9.92. The van der Waals surface area contributed by atoms with Gasteiger partial charge >= 0.3 is 0 Å². The van der Waals surface area contributed by atoms with Gasteiger partial charge in [-0.15, -0.1) is 0 Å². The molecule has 0 saturated heterocycles. The molecular weight excluding hydrogens is 304 g/mol. The number of nitrogens with one attached hydrogen (secondary N) is 1. The standard InChI is InChI=1S/C23H32N2/c1-6-7-16-24-21-14-9-8-10-15-22(21)25-23-19(17(2)3)12-11-13-20(23)18(4)5/h8-15,17-18H,6-7,16H2,1-5H3,(H,24,25). The predicted molar refractivity (Wildman–Crippen MR) is 110 cm³/mol. The number of anilines is 2. The SMILES string of the molecule is CCCCN=c1cccccc1Nc1c(C(C)C)cccc1C(C)C. The summed E-state index contributed by atoms with van der Waals surface area (Å²) >= 11 is 0. The molecule has 2 nitrogen and oxygen atoms in total. The van der Waals surface area contributed by atoms with Crippen molar-refractivity contribution in [3.63, 3.8) is 0 Å². The second-order valence-corrected chi connectivity index (χ2v) is 7.19. The van der Waals surface area contributed by atoms with Crippen LogP contribution in [-0.2, 0) is 0 Å². The van der Waals surface area contributed by atoms with Crippen molar-refractivity contribution in [2.24, 2.45) is 4.99 Å². The summed E-state index contributed by atoms with van der Waals surface area (Å²) in [6, 6.07) is 17.1. The van der Waals surface area contributed by atoms with Crippen molar-refractivity contribution in [1.82, 2.24) is 0 Å². The van der Waals surface area contributed by atoms with Crippen LogP contribution < -0.4 is 10.7 Å². The molecule has 134 valence electrons. The van der Waals surface area contributed by atoms with Gasteiger partial charge in [0.1, 0.15) is 0 Å². The van der Waals surface area contributed by atoms with E-state index in [1.807, 2.05) is 0 Å². The lowest BCUT2D eigenvalue weighted by Crippen LogP contribution is -2.11. The zero-order chi connectivity index (χ0) is 18.2. The summed E-state index contributed by atoms with van der Waals surface area (Å²) < 4.78 is 0. The number of para-hydroxylation sites is 1. The highest BCUT2D eigenvalue weighted by atomic mass is 14.9. The van der Waals surface area contributed by atoms with Gasteiger partial charge in [-0.25, -0.2) is 0 Å². The van der Waals surface area contributed by atoms with Crippen molar-refractivity contribution in [3.8, 4) is 0 Å². The minimum atomic E-state index is 0.471. The first kappa shape index (κ1) is 19.2. The summed E-state index contributed by atoms with van der Waals surface area (Å²) in [6.45, 7) is 12.1. The Bertz CT molecular complexity index is 719. The van der Waals surface area contributed by atoms with Crippen molar-refractivity contribution < 1.29 is 0 Å². The normalized spacial score (nSPS) is 12.0. The van der Waals surface area contributed by atoms with Gasteiger partial charge in [-0.05, 0) is 41.5 Å². The Hall–Kier alpha value is -2.09. The van der Waals surface area contributed by atoms with Gasteiger partial charge in [0, 0.05) is 12.2 Å². The van der Waals surface area contributed by atoms with E-state index in [0.29, 0.717) is 11.8 Å². The largest absolute Gasteiger partial charge is 0.353 e. The molecule has 2 aromatic carbocycles. The summed E-state index contributed by atoms with van der Waals surface area (Å²) in [5.41, 5.74) is 5.04. The fraction of sp³-hybridized carbons (Fsp3) is 0.435. The van der Waals surface area contributed by atoms with Gasteiger partial charge in [-0.3, -0.25) is 4.99 Å². The van der Waals surface area contributed by atoms with E-state index in [0.717, 1.165) is 24.0 Å². The maximum absolute atomic E-state index is 4.82. The lowest BCUT2D eigenvalue weighted by molar-refractivity contribution is 0.794. The molecule has 2 rings (SSSR count). The molecule has 1 N–H and O–H groups in total. The Morgan fingerprint density at radius 3 is 2.08 bits per heavy atom. The van der Waals surface area contributed by atoms with Gasteiger partial charge in [0.05, 0.1) is 11.0 Å². The highest BCUT2D eigenvalue weighted by Gasteiger charge is 2.14. The second kappa shape index (κ2) is 9.41. The van der Waals surface area contributed by atoms with Gasteiger partial charge in [0.25, 0.3) is 0 Å². The first-order valence-corrected chi connectivity index (χ1v) is 9.54. The van der Waals surface area contributed by atoms with Gasteiger partial charge in [-0.1, -0.05) is 77.4 Å². The Morgan fingerprint density at radius 2 is 1.48 bits per heavy atom. The summed E-state index contributed by atoms with van der Waals surface area (Å²) in [4.78, 5) is 4.82. The molecule has 0 bridgehead atoms. The molecule has 0 aliphatic carbocycles. The molecule has 0 fully saturated rings. The average Bonchev–Trinajstić information content (AvgIpc) is 2.80. The van der Waals surface area contributed by atoms with Gasteiger partial charge in [0.2, 0.25) is 0 Å². The van der Waals surface area contributed by atoms with Gasteiger partial charge in [-0.2, -0.15) is 0 Å². The van der Waals surface area contributed by atoms with E-state index in [1.54, 1.807) is 0 Å². The Balaban J connectivity index is 2.54. The third-order valence-electron chi connectivity index (χ3n) is 4.44. The van der Waals surface area contributed by atoms with Crippen molar-refractivity contribution in [2.75, 3.05) is 11.9 Å². The highest BCUT2D eigenvalue weighted by molar-refractivity contribution is 5.68. The number of hydrogen-bond donors (Lipinski definition) is 1. The molecule has 0 atom stereocenters. The summed E-state index contributed by atoms with van der Waals surface area (Å²) in [6.07, 6.45) is 2.29. The van der Waals surface area contributed by atoms with Crippen LogP contribution in [0.3, 0.4) is 0 Å². The van der Waals surface area contributed by atoms with Crippen LogP contribution in [0.5, 0.6) is 0 Å². The third kappa shape index (κ3) is 5.19. The van der Waals surface area contributed by atoms with Crippen LogP contribution in [0, 0.1) is 0 Å². The van der Waals surface area contributed by atoms with Crippen molar-refractivity contribution >= 4 is 11.4 Å². The predicted octanol–water partition coefficient (Wildman–Crippen LogP) is 6.38. The van der Waals surface area contributed by atoms with Crippen LogP contribution in [0.2, 0.25) is 0 Å². The molecule has 0 heterocycles. The monoisotopic (exact) mass is 336 g/mol. The number of nitrogens with zero attached hydrogens (tertiary/aromatic N) is 1. The van der Waals surface area contributed by atoms with E-state index in [4.69, 9.17) is 4.99 Å². The molecule has 0 amide bonds. The third-order valence-corrected chi connectivity index (χ3v) is 4.44. The molecule has 2 aromatic rings. The highest BCUT2D eigenvalue weighted by Crippen LogP contribution is 2.33. The van der Waals surface area contributed by atoms with E-state index in [9.17, 15) is 0 Å². The zero-order valence-corrected chi connectivity index (χ0v) is 16.3. The van der Waals surface area contributed by atoms with Crippen LogP contribution in [0.4, 0.5) is 11.4 Å². The average molecular weight is 337 g/mol. The van der Waals surface area contributed by atoms with Crippen molar-refractivity contribution in [3.05, 3.63) is 65.0 Å². The molecule has 0 aromatic heterocycles. The Morgan fingerprint density at radius 1 is 0.840 bits per heavy atom. The lowest BCUT2D eigenvalue weighted by Gasteiger charge is -2.20. The van der Waals surface area contributed by atoms with Gasteiger partial charge < -0.3 is 5.32 Å². The molecule has 25 heavy (non-hydrogen) atoms. The number of unbranched alkanes of at least 4 members (excludes halogenated alkanes) is 1. The summed E-state index contributed by atoms with van der Waals surface area (Å²) in [5, 5.41) is 4.76. The van der Waals surface area contributed by atoms with Crippen LogP contribution in [0.25, 0.3) is 0 Å². The number of rotatable bonds is 7. The number of hydrogen-bond acceptors (Lipinski definition) is 2. The summed E-state index contributed by atoms with van der Waals surface area (Å²) in [7, 11) is 0. The quantitative estimate of drug-likeness (QED) is 0.583. The minimum Gasteiger partial charge on any atom is -0.353 e. The van der Waals surface area contributed by atoms with Gasteiger partial charge in [0.15, 0.2) is 0 Å². The second-order valence-electron chi connectivity index (χ2n) is 7.19. The molecule has 0 radical (unpaired) electrons. The van der Waals surface area contributed by atoms with E-state index in [1.165, 1.54) is 23.2 Å². The van der Waals surface area contributed by atoms with E-state index < -0.39 is 0 Å². The molecule has 0 saturated carbocycles. The number of benzene rings is 1. The van der Waals surface area contributed by atoms with E-state index >= 15 is 0 Å². The first-order chi connectivity index (χ1) is 12.0. The fourth-order valence-electron chi connectivity index (χ4n) is 2.97. The van der Waals surface area contributed by atoms with Crippen LogP contribution in [-0.4, -0.2) is 6.54 Å². The minimum absolute atomic E-state index is 0.471. The smallest absolute Gasteiger partial charge is 0.0809 e.